The highest BCUT2D eigenvalue weighted by Gasteiger charge is 2.32. The average Bonchev–Trinajstić information content (AvgIpc) is 3.11. The second kappa shape index (κ2) is 7.19. The number of phenolic OH excluding ortho intramolecular Hbond substituents is 2. The van der Waals surface area contributed by atoms with E-state index in [1.807, 2.05) is 19.1 Å². The van der Waals surface area contributed by atoms with Crippen molar-refractivity contribution in [2.75, 3.05) is 0 Å². The van der Waals surface area contributed by atoms with E-state index in [0.717, 1.165) is 28.2 Å². The first-order chi connectivity index (χ1) is 13.9. The lowest BCUT2D eigenvalue weighted by atomic mass is 10.1. The summed E-state index contributed by atoms with van der Waals surface area (Å²) in [5.74, 6) is -0.795. The molecule has 0 bridgehead atoms. The van der Waals surface area contributed by atoms with E-state index in [-0.39, 0.29) is 28.6 Å². The maximum absolute atomic E-state index is 12.8. The Morgan fingerprint density at radius 2 is 2.07 bits per heavy atom. The molecule has 0 atom stereocenters. The van der Waals surface area contributed by atoms with Gasteiger partial charge in [0.1, 0.15) is 22.8 Å². The number of benzene rings is 2. The van der Waals surface area contributed by atoms with Gasteiger partial charge in [-0.2, -0.15) is 5.26 Å². The van der Waals surface area contributed by atoms with Gasteiger partial charge in [0.05, 0.1) is 6.07 Å². The van der Waals surface area contributed by atoms with Crippen LogP contribution in [0.1, 0.15) is 34.5 Å². The normalized spacial score (nSPS) is 14.2. The maximum atomic E-state index is 12.8. The van der Waals surface area contributed by atoms with Gasteiger partial charge in [-0.15, -0.1) is 0 Å². The van der Waals surface area contributed by atoms with Gasteiger partial charge in [-0.1, -0.05) is 11.6 Å². The molecular formula is C22H17ClN2O4. The Morgan fingerprint density at radius 3 is 2.83 bits per heavy atom. The quantitative estimate of drug-likeness (QED) is 0.471. The lowest BCUT2D eigenvalue weighted by molar-refractivity contribution is 0.101. The minimum absolute atomic E-state index is 0.0301. The Balaban J connectivity index is 1.83. The Labute approximate surface area is 171 Å². The van der Waals surface area contributed by atoms with Crippen LogP contribution < -0.4 is 4.74 Å². The van der Waals surface area contributed by atoms with E-state index < -0.39 is 5.78 Å². The standard InChI is InChI=1S/C22H17ClN2O4/c1-12-15(11-20-22(28)21-18(27)9-14(26)10-19(21)29-20)16-8-13(23)4-5-17(16)25(12)7-3-2-6-24/h4-5,8-11,26-27H,2-3,7H2,1H3/b20-11+. The zero-order valence-electron chi connectivity index (χ0n) is 15.6. The highest BCUT2D eigenvalue weighted by molar-refractivity contribution is 6.31. The van der Waals surface area contributed by atoms with Gasteiger partial charge in [-0.3, -0.25) is 4.79 Å². The van der Waals surface area contributed by atoms with Crippen LogP contribution in [0.2, 0.25) is 5.02 Å². The number of carbonyl (C=O) groups excluding carboxylic acids is 1. The number of ether oxygens (including phenoxy) is 1. The van der Waals surface area contributed by atoms with Gasteiger partial charge in [-0.25, -0.2) is 0 Å². The van der Waals surface area contributed by atoms with Crippen LogP contribution in [-0.2, 0) is 6.54 Å². The number of halogens is 1. The second-order valence-electron chi connectivity index (χ2n) is 6.85. The van der Waals surface area contributed by atoms with Crippen molar-refractivity contribution in [3.8, 4) is 23.3 Å². The van der Waals surface area contributed by atoms with Gasteiger partial charge in [0.15, 0.2) is 5.76 Å². The molecule has 1 aliphatic heterocycles. The first-order valence-corrected chi connectivity index (χ1v) is 9.44. The minimum atomic E-state index is -0.454. The molecule has 0 saturated heterocycles. The van der Waals surface area contributed by atoms with Gasteiger partial charge in [0, 0.05) is 52.3 Å². The number of nitriles is 1. The van der Waals surface area contributed by atoms with E-state index in [1.54, 1.807) is 12.1 Å². The Kier molecular flexibility index (Phi) is 4.69. The third-order valence-corrected chi connectivity index (χ3v) is 5.25. The molecular weight excluding hydrogens is 392 g/mol. The second-order valence-corrected chi connectivity index (χ2v) is 7.29. The van der Waals surface area contributed by atoms with Crippen molar-refractivity contribution in [3.63, 3.8) is 0 Å². The number of aryl methyl sites for hydroxylation is 1. The molecule has 0 aliphatic carbocycles. The topological polar surface area (TPSA) is 95.5 Å². The Hall–Kier alpha value is -3.43. The first-order valence-electron chi connectivity index (χ1n) is 9.06. The van der Waals surface area contributed by atoms with Crippen LogP contribution in [0.5, 0.6) is 17.2 Å². The summed E-state index contributed by atoms with van der Waals surface area (Å²) in [5, 5.41) is 29.9. The van der Waals surface area contributed by atoms with E-state index in [0.29, 0.717) is 24.4 Å². The minimum Gasteiger partial charge on any atom is -0.508 e. The molecule has 1 aromatic heterocycles. The summed E-state index contributed by atoms with van der Waals surface area (Å²) in [6.07, 6.45) is 2.78. The highest BCUT2D eigenvalue weighted by Crippen LogP contribution is 2.41. The molecule has 0 fully saturated rings. The third-order valence-electron chi connectivity index (χ3n) is 5.02. The molecule has 6 nitrogen and oxygen atoms in total. The lowest BCUT2D eigenvalue weighted by Crippen LogP contribution is -2.01. The summed E-state index contributed by atoms with van der Waals surface area (Å²) in [4.78, 5) is 12.8. The summed E-state index contributed by atoms with van der Waals surface area (Å²) >= 11 is 6.20. The van der Waals surface area contributed by atoms with Gasteiger partial charge < -0.3 is 19.5 Å². The highest BCUT2D eigenvalue weighted by atomic mass is 35.5. The summed E-state index contributed by atoms with van der Waals surface area (Å²) < 4.78 is 7.72. The van der Waals surface area contributed by atoms with Gasteiger partial charge in [0.25, 0.3) is 0 Å². The Bertz CT molecular complexity index is 1230. The average molecular weight is 409 g/mol. The SMILES string of the molecule is Cc1c(/C=C2/Oc3cc(O)cc(O)c3C2=O)c2cc(Cl)ccc2n1CCCC#N. The number of Topliss-reactive ketones (excluding diaryl/α,β-unsaturated/α-hetero) is 1. The van der Waals surface area contributed by atoms with Crippen LogP contribution >= 0.6 is 11.6 Å². The van der Waals surface area contributed by atoms with Crippen molar-refractivity contribution in [1.82, 2.24) is 4.57 Å². The van der Waals surface area contributed by atoms with Gasteiger partial charge in [-0.05, 0) is 37.6 Å². The predicted molar refractivity (Wildman–Crippen MR) is 109 cm³/mol. The maximum Gasteiger partial charge on any atom is 0.235 e. The molecule has 0 radical (unpaired) electrons. The van der Waals surface area contributed by atoms with Crippen molar-refractivity contribution in [2.24, 2.45) is 0 Å². The van der Waals surface area contributed by atoms with Crippen molar-refractivity contribution in [3.05, 3.63) is 57.9 Å². The molecule has 146 valence electrons. The molecule has 29 heavy (non-hydrogen) atoms. The van der Waals surface area contributed by atoms with E-state index in [4.69, 9.17) is 21.6 Å². The molecule has 3 aromatic rings. The number of phenols is 2. The van der Waals surface area contributed by atoms with Crippen molar-refractivity contribution < 1.29 is 19.7 Å². The number of fused-ring (bicyclic) bond motifs is 2. The number of unbranched alkanes of at least 4 members (excludes halogenated alkanes) is 1. The molecule has 7 heteroatoms. The summed E-state index contributed by atoms with van der Waals surface area (Å²) in [5.41, 5.74) is 2.66. The number of hydrogen-bond acceptors (Lipinski definition) is 5. The molecule has 2 heterocycles. The van der Waals surface area contributed by atoms with Crippen LogP contribution in [-0.4, -0.2) is 20.6 Å². The van der Waals surface area contributed by atoms with Crippen LogP contribution in [0.4, 0.5) is 0 Å². The monoisotopic (exact) mass is 408 g/mol. The number of carbonyl (C=O) groups is 1. The largest absolute Gasteiger partial charge is 0.508 e. The van der Waals surface area contributed by atoms with Crippen molar-refractivity contribution >= 4 is 34.4 Å². The van der Waals surface area contributed by atoms with E-state index in [1.165, 1.54) is 6.07 Å². The lowest BCUT2D eigenvalue weighted by Gasteiger charge is -2.07. The molecule has 1 aliphatic rings. The van der Waals surface area contributed by atoms with Crippen LogP contribution in [0.3, 0.4) is 0 Å². The van der Waals surface area contributed by atoms with Crippen LogP contribution in [0.15, 0.2) is 36.1 Å². The third kappa shape index (κ3) is 3.20. The summed E-state index contributed by atoms with van der Waals surface area (Å²) in [6.45, 7) is 2.59. The summed E-state index contributed by atoms with van der Waals surface area (Å²) in [6, 6.07) is 10.1. The number of rotatable bonds is 4. The fourth-order valence-electron chi connectivity index (χ4n) is 3.68. The number of aromatic nitrogens is 1. The first kappa shape index (κ1) is 18.9. The van der Waals surface area contributed by atoms with Crippen molar-refractivity contribution in [2.45, 2.75) is 26.3 Å². The molecule has 0 spiro atoms. The van der Waals surface area contributed by atoms with Gasteiger partial charge >= 0.3 is 0 Å². The van der Waals surface area contributed by atoms with E-state index in [2.05, 4.69) is 10.6 Å². The predicted octanol–water partition coefficient (Wildman–Crippen LogP) is 4.93. The van der Waals surface area contributed by atoms with Crippen LogP contribution in [0.25, 0.3) is 17.0 Å². The Morgan fingerprint density at radius 1 is 1.28 bits per heavy atom. The number of nitrogens with zero attached hydrogens (tertiary/aromatic N) is 2. The molecule has 2 N–H and O–H groups in total. The molecule has 0 saturated carbocycles. The molecule has 2 aromatic carbocycles. The number of ketones is 1. The number of aromatic hydroxyl groups is 2. The number of hydrogen-bond donors (Lipinski definition) is 2. The zero-order chi connectivity index (χ0) is 20.7. The summed E-state index contributed by atoms with van der Waals surface area (Å²) in [7, 11) is 0. The molecule has 4 rings (SSSR count). The number of allylic oxidation sites excluding steroid dienone is 1. The fraction of sp³-hybridized carbons (Fsp3) is 0.182. The smallest absolute Gasteiger partial charge is 0.235 e. The van der Waals surface area contributed by atoms with E-state index >= 15 is 0 Å². The molecule has 0 unspecified atom stereocenters. The van der Waals surface area contributed by atoms with E-state index in [9.17, 15) is 15.0 Å². The molecule has 0 amide bonds. The van der Waals surface area contributed by atoms with Crippen LogP contribution in [0, 0.1) is 18.3 Å². The van der Waals surface area contributed by atoms with Gasteiger partial charge in [0.2, 0.25) is 5.78 Å². The fourth-order valence-corrected chi connectivity index (χ4v) is 3.85. The zero-order valence-corrected chi connectivity index (χ0v) is 16.3. The van der Waals surface area contributed by atoms with Crippen molar-refractivity contribution in [1.29, 1.82) is 5.26 Å².